The molecule has 16 heavy (non-hydrogen) atoms. The first-order valence-electron chi connectivity index (χ1n) is 5.88. The number of thioether (sulfide) groups is 1. The molecule has 0 rings (SSSR count). The molecule has 0 aromatic carbocycles. The fourth-order valence-electron chi connectivity index (χ4n) is 1.25. The molecular weight excluding hydrogens is 224 g/mol. The van der Waals surface area contributed by atoms with Gasteiger partial charge in [0.15, 0.2) is 0 Å². The third kappa shape index (κ3) is 6.88. The maximum atomic E-state index is 11.4. The molecule has 0 aliphatic rings. The predicted molar refractivity (Wildman–Crippen MR) is 67.7 cm³/mol. The molecule has 0 bridgehead atoms. The highest BCUT2D eigenvalue weighted by Gasteiger charge is 2.24. The standard InChI is InChI=1S/C12H22O3S/c1-4-6-7-8-16-9-11(10(3)13)12(14)15-5-2/h11H,4-9H2,1-3H3. The Morgan fingerprint density at radius 2 is 1.94 bits per heavy atom. The van der Waals surface area contributed by atoms with Crippen molar-refractivity contribution < 1.29 is 14.3 Å². The quantitative estimate of drug-likeness (QED) is 0.356. The largest absolute Gasteiger partial charge is 0.465 e. The number of ketones is 1. The van der Waals surface area contributed by atoms with Gasteiger partial charge in [0.1, 0.15) is 11.7 Å². The van der Waals surface area contributed by atoms with Crippen molar-refractivity contribution in [3.05, 3.63) is 0 Å². The lowest BCUT2D eigenvalue weighted by atomic mass is 10.1. The third-order valence-electron chi connectivity index (χ3n) is 2.24. The highest BCUT2D eigenvalue weighted by Crippen LogP contribution is 2.14. The number of rotatable bonds is 9. The lowest BCUT2D eigenvalue weighted by Crippen LogP contribution is -2.26. The van der Waals surface area contributed by atoms with E-state index in [0.29, 0.717) is 12.4 Å². The molecule has 0 N–H and O–H groups in total. The summed E-state index contributed by atoms with van der Waals surface area (Å²) in [5.41, 5.74) is 0. The second-order valence-corrected chi connectivity index (χ2v) is 4.85. The first kappa shape index (κ1) is 15.5. The summed E-state index contributed by atoms with van der Waals surface area (Å²) in [6.45, 7) is 5.70. The van der Waals surface area contributed by atoms with E-state index in [1.54, 1.807) is 18.7 Å². The zero-order valence-corrected chi connectivity index (χ0v) is 11.3. The van der Waals surface area contributed by atoms with Crippen LogP contribution in [0.3, 0.4) is 0 Å². The van der Waals surface area contributed by atoms with Crippen LogP contribution in [0.25, 0.3) is 0 Å². The van der Waals surface area contributed by atoms with Crippen molar-refractivity contribution in [3.63, 3.8) is 0 Å². The first-order chi connectivity index (χ1) is 7.63. The van der Waals surface area contributed by atoms with Gasteiger partial charge in [0.2, 0.25) is 0 Å². The van der Waals surface area contributed by atoms with E-state index >= 15 is 0 Å². The number of esters is 1. The predicted octanol–water partition coefficient (Wildman–Crippen LogP) is 2.68. The fourth-order valence-corrected chi connectivity index (χ4v) is 2.43. The maximum absolute atomic E-state index is 11.4. The molecule has 4 heteroatoms. The fraction of sp³-hybridized carbons (Fsp3) is 0.833. The summed E-state index contributed by atoms with van der Waals surface area (Å²) in [4.78, 5) is 22.7. The van der Waals surface area contributed by atoms with Crippen LogP contribution in [0.1, 0.15) is 40.0 Å². The average Bonchev–Trinajstić information content (AvgIpc) is 2.23. The van der Waals surface area contributed by atoms with Gasteiger partial charge in [-0.25, -0.2) is 0 Å². The Labute approximate surface area is 102 Å². The van der Waals surface area contributed by atoms with E-state index in [1.807, 2.05) is 0 Å². The third-order valence-corrected chi connectivity index (χ3v) is 3.38. The molecule has 94 valence electrons. The molecule has 0 radical (unpaired) electrons. The van der Waals surface area contributed by atoms with Crippen LogP contribution in [0.15, 0.2) is 0 Å². The molecule has 1 unspecified atom stereocenters. The maximum Gasteiger partial charge on any atom is 0.317 e. The van der Waals surface area contributed by atoms with Gasteiger partial charge in [0.05, 0.1) is 6.61 Å². The van der Waals surface area contributed by atoms with Gasteiger partial charge in [-0.1, -0.05) is 19.8 Å². The van der Waals surface area contributed by atoms with E-state index in [2.05, 4.69) is 6.92 Å². The molecular formula is C12H22O3S. The van der Waals surface area contributed by atoms with Gasteiger partial charge in [0, 0.05) is 5.75 Å². The summed E-state index contributed by atoms with van der Waals surface area (Å²) in [5, 5.41) is 0. The van der Waals surface area contributed by atoms with Crippen LogP contribution >= 0.6 is 11.8 Å². The van der Waals surface area contributed by atoms with E-state index < -0.39 is 5.92 Å². The number of unbranched alkanes of at least 4 members (excludes halogenated alkanes) is 2. The average molecular weight is 246 g/mol. The number of carbonyl (C=O) groups is 2. The second-order valence-electron chi connectivity index (χ2n) is 3.70. The molecule has 0 heterocycles. The Morgan fingerprint density at radius 3 is 2.44 bits per heavy atom. The van der Waals surface area contributed by atoms with Gasteiger partial charge in [-0.15, -0.1) is 0 Å². The van der Waals surface area contributed by atoms with Gasteiger partial charge in [-0.3, -0.25) is 9.59 Å². The van der Waals surface area contributed by atoms with Crippen LogP contribution in [0.2, 0.25) is 0 Å². The van der Waals surface area contributed by atoms with Crippen molar-refractivity contribution in [2.75, 3.05) is 18.1 Å². The molecule has 0 saturated carbocycles. The normalized spacial score (nSPS) is 12.2. The minimum Gasteiger partial charge on any atom is -0.465 e. The van der Waals surface area contributed by atoms with Crippen LogP contribution in [0.4, 0.5) is 0 Å². The molecule has 0 amide bonds. The number of Topliss-reactive ketones (excluding diaryl/α,β-unsaturated/α-hetero) is 1. The number of hydrogen-bond donors (Lipinski definition) is 0. The highest BCUT2D eigenvalue weighted by atomic mass is 32.2. The SMILES string of the molecule is CCCCCSCC(C(C)=O)C(=O)OCC. The number of carbonyl (C=O) groups excluding carboxylic acids is 2. The second kappa shape index (κ2) is 9.70. The van der Waals surface area contributed by atoms with Crippen molar-refractivity contribution in [3.8, 4) is 0 Å². The molecule has 0 aliphatic carbocycles. The summed E-state index contributed by atoms with van der Waals surface area (Å²) in [5.74, 6) is 0.514. The number of hydrogen-bond acceptors (Lipinski definition) is 4. The summed E-state index contributed by atoms with van der Waals surface area (Å²) in [6, 6.07) is 0. The van der Waals surface area contributed by atoms with E-state index in [9.17, 15) is 9.59 Å². The lowest BCUT2D eigenvalue weighted by molar-refractivity contribution is -0.150. The summed E-state index contributed by atoms with van der Waals surface area (Å²) >= 11 is 1.66. The summed E-state index contributed by atoms with van der Waals surface area (Å²) in [6.07, 6.45) is 3.54. The minimum absolute atomic E-state index is 0.0959. The van der Waals surface area contributed by atoms with Crippen LogP contribution in [-0.2, 0) is 14.3 Å². The van der Waals surface area contributed by atoms with E-state index in [0.717, 1.165) is 12.2 Å². The Morgan fingerprint density at radius 1 is 1.25 bits per heavy atom. The van der Waals surface area contributed by atoms with Crippen molar-refractivity contribution in [2.45, 2.75) is 40.0 Å². The highest BCUT2D eigenvalue weighted by molar-refractivity contribution is 7.99. The van der Waals surface area contributed by atoms with Crippen molar-refractivity contribution in [2.24, 2.45) is 5.92 Å². The Bertz CT molecular complexity index is 216. The van der Waals surface area contributed by atoms with Crippen LogP contribution in [-0.4, -0.2) is 29.9 Å². The van der Waals surface area contributed by atoms with Crippen LogP contribution < -0.4 is 0 Å². The molecule has 0 saturated heterocycles. The Hall–Kier alpha value is -0.510. The molecule has 0 aliphatic heterocycles. The Balaban J connectivity index is 3.86. The van der Waals surface area contributed by atoms with Gasteiger partial charge in [-0.05, 0) is 26.0 Å². The van der Waals surface area contributed by atoms with Gasteiger partial charge in [0.25, 0.3) is 0 Å². The molecule has 3 nitrogen and oxygen atoms in total. The Kier molecular flexibility index (Phi) is 9.39. The lowest BCUT2D eigenvalue weighted by Gasteiger charge is -2.11. The van der Waals surface area contributed by atoms with E-state index in [-0.39, 0.29) is 11.8 Å². The molecule has 0 aromatic heterocycles. The van der Waals surface area contributed by atoms with Crippen molar-refractivity contribution in [1.82, 2.24) is 0 Å². The molecule has 0 spiro atoms. The van der Waals surface area contributed by atoms with E-state index in [4.69, 9.17) is 4.74 Å². The number of ether oxygens (including phenoxy) is 1. The molecule has 0 fully saturated rings. The van der Waals surface area contributed by atoms with Crippen molar-refractivity contribution in [1.29, 1.82) is 0 Å². The zero-order chi connectivity index (χ0) is 12.4. The van der Waals surface area contributed by atoms with Gasteiger partial charge >= 0.3 is 5.97 Å². The molecule has 0 aromatic rings. The molecule has 1 atom stereocenters. The van der Waals surface area contributed by atoms with Crippen LogP contribution in [0, 0.1) is 5.92 Å². The summed E-state index contributed by atoms with van der Waals surface area (Å²) in [7, 11) is 0. The van der Waals surface area contributed by atoms with Crippen LogP contribution in [0.5, 0.6) is 0 Å². The monoisotopic (exact) mass is 246 g/mol. The van der Waals surface area contributed by atoms with E-state index in [1.165, 1.54) is 19.8 Å². The van der Waals surface area contributed by atoms with Crippen molar-refractivity contribution >= 4 is 23.5 Å². The first-order valence-corrected chi connectivity index (χ1v) is 7.03. The zero-order valence-electron chi connectivity index (χ0n) is 10.5. The van der Waals surface area contributed by atoms with Gasteiger partial charge < -0.3 is 4.74 Å². The topological polar surface area (TPSA) is 43.4 Å². The summed E-state index contributed by atoms with van der Waals surface area (Å²) < 4.78 is 4.87. The minimum atomic E-state index is -0.577. The van der Waals surface area contributed by atoms with Gasteiger partial charge in [-0.2, -0.15) is 11.8 Å². The smallest absolute Gasteiger partial charge is 0.317 e.